The average molecular weight is 193 g/mol. The summed E-state index contributed by atoms with van der Waals surface area (Å²) in [6, 6.07) is 0. The summed E-state index contributed by atoms with van der Waals surface area (Å²) < 4.78 is 24.4. The lowest BCUT2D eigenvalue weighted by molar-refractivity contribution is 0.145. The topological polar surface area (TPSA) is 38.9 Å². The SMILES string of the molecule is Cc1c(C(F)F)ncc(Cl)c1N. The molecule has 12 heavy (non-hydrogen) atoms. The van der Waals surface area contributed by atoms with Gasteiger partial charge in [0.1, 0.15) is 5.69 Å². The van der Waals surface area contributed by atoms with E-state index in [2.05, 4.69) is 4.98 Å². The number of aromatic nitrogens is 1. The lowest BCUT2D eigenvalue weighted by atomic mass is 10.2. The first-order valence-corrected chi connectivity index (χ1v) is 3.60. The third-order valence-electron chi connectivity index (χ3n) is 1.57. The molecule has 0 aliphatic rings. The normalized spacial score (nSPS) is 10.8. The van der Waals surface area contributed by atoms with E-state index in [-0.39, 0.29) is 22.0 Å². The molecule has 0 unspecified atom stereocenters. The van der Waals surface area contributed by atoms with E-state index >= 15 is 0 Å². The molecule has 0 radical (unpaired) electrons. The predicted octanol–water partition coefficient (Wildman–Crippen LogP) is 2.56. The van der Waals surface area contributed by atoms with Crippen LogP contribution < -0.4 is 5.73 Å². The van der Waals surface area contributed by atoms with Gasteiger partial charge in [0.2, 0.25) is 0 Å². The first-order chi connectivity index (χ1) is 5.54. The zero-order chi connectivity index (χ0) is 9.30. The Morgan fingerprint density at radius 1 is 1.58 bits per heavy atom. The van der Waals surface area contributed by atoms with Crippen molar-refractivity contribution in [1.29, 1.82) is 0 Å². The first kappa shape index (κ1) is 9.19. The number of rotatable bonds is 1. The zero-order valence-electron chi connectivity index (χ0n) is 6.31. The molecule has 1 aromatic rings. The van der Waals surface area contributed by atoms with Gasteiger partial charge in [0, 0.05) is 11.8 Å². The molecule has 2 N–H and O–H groups in total. The van der Waals surface area contributed by atoms with Crippen LogP contribution in [0.4, 0.5) is 14.5 Å². The molecule has 0 saturated heterocycles. The number of nitrogens with two attached hydrogens (primary N) is 1. The molecular weight excluding hydrogens is 186 g/mol. The first-order valence-electron chi connectivity index (χ1n) is 3.22. The number of hydrogen-bond acceptors (Lipinski definition) is 2. The van der Waals surface area contributed by atoms with Crippen LogP contribution in [0.15, 0.2) is 6.20 Å². The molecule has 1 rings (SSSR count). The Bertz CT molecular complexity index is 302. The van der Waals surface area contributed by atoms with Crippen molar-refractivity contribution in [3.05, 3.63) is 22.5 Å². The van der Waals surface area contributed by atoms with Crippen molar-refractivity contribution in [3.63, 3.8) is 0 Å². The zero-order valence-corrected chi connectivity index (χ0v) is 7.07. The second-order valence-electron chi connectivity index (χ2n) is 2.33. The molecule has 1 aromatic heterocycles. The number of alkyl halides is 2. The second-order valence-corrected chi connectivity index (χ2v) is 2.74. The molecule has 2 nitrogen and oxygen atoms in total. The molecule has 0 aromatic carbocycles. The smallest absolute Gasteiger partial charge is 0.280 e. The molecule has 5 heteroatoms. The van der Waals surface area contributed by atoms with Gasteiger partial charge in [0.05, 0.1) is 10.7 Å². The second kappa shape index (κ2) is 3.23. The molecule has 0 fully saturated rings. The summed E-state index contributed by atoms with van der Waals surface area (Å²) in [5, 5.41) is 0.205. The molecule has 0 saturated carbocycles. The Morgan fingerprint density at radius 2 is 2.17 bits per heavy atom. The Kier molecular flexibility index (Phi) is 2.47. The lowest BCUT2D eigenvalue weighted by Gasteiger charge is -2.06. The van der Waals surface area contributed by atoms with Gasteiger partial charge in [0.25, 0.3) is 6.43 Å². The molecule has 1 heterocycles. The van der Waals surface area contributed by atoms with Crippen molar-refractivity contribution < 1.29 is 8.78 Å². The van der Waals surface area contributed by atoms with E-state index in [9.17, 15) is 8.78 Å². The highest BCUT2D eigenvalue weighted by molar-refractivity contribution is 6.33. The molecule has 0 spiro atoms. The highest BCUT2D eigenvalue weighted by atomic mass is 35.5. The van der Waals surface area contributed by atoms with Crippen molar-refractivity contribution >= 4 is 17.3 Å². The Balaban J connectivity index is 3.27. The maximum atomic E-state index is 12.2. The number of hydrogen-bond donors (Lipinski definition) is 1. The van der Waals surface area contributed by atoms with E-state index in [0.29, 0.717) is 0 Å². The van der Waals surface area contributed by atoms with E-state index in [1.807, 2.05) is 0 Å². The number of pyridine rings is 1. The maximum absolute atomic E-state index is 12.2. The van der Waals surface area contributed by atoms with E-state index in [4.69, 9.17) is 17.3 Å². The number of nitrogens with zero attached hydrogens (tertiary/aromatic N) is 1. The van der Waals surface area contributed by atoms with Gasteiger partial charge >= 0.3 is 0 Å². The lowest BCUT2D eigenvalue weighted by Crippen LogP contribution is -2.00. The van der Waals surface area contributed by atoms with Crippen LogP contribution in [0.3, 0.4) is 0 Å². The summed E-state index contributed by atoms with van der Waals surface area (Å²) in [4.78, 5) is 3.48. The van der Waals surface area contributed by atoms with E-state index < -0.39 is 6.43 Å². The minimum atomic E-state index is -2.61. The fourth-order valence-corrected chi connectivity index (χ4v) is 1.02. The van der Waals surface area contributed by atoms with Crippen LogP contribution in [-0.4, -0.2) is 4.98 Å². The Hall–Kier alpha value is -0.900. The van der Waals surface area contributed by atoms with Crippen molar-refractivity contribution in [2.45, 2.75) is 13.3 Å². The third kappa shape index (κ3) is 1.48. The van der Waals surface area contributed by atoms with Gasteiger partial charge in [-0.05, 0) is 6.92 Å². The molecule has 0 amide bonds. The fourth-order valence-electron chi connectivity index (χ4n) is 0.830. The third-order valence-corrected chi connectivity index (χ3v) is 1.87. The molecule has 0 atom stereocenters. The maximum Gasteiger partial charge on any atom is 0.280 e. The van der Waals surface area contributed by atoms with Crippen LogP contribution in [0.25, 0.3) is 0 Å². The van der Waals surface area contributed by atoms with Crippen LogP contribution in [0, 0.1) is 6.92 Å². The quantitative estimate of drug-likeness (QED) is 0.743. The van der Waals surface area contributed by atoms with Gasteiger partial charge in [-0.15, -0.1) is 0 Å². The van der Waals surface area contributed by atoms with Gasteiger partial charge in [-0.1, -0.05) is 11.6 Å². The molecule has 0 aliphatic carbocycles. The average Bonchev–Trinajstić information content (AvgIpc) is 2.00. The van der Waals surface area contributed by atoms with Crippen LogP contribution >= 0.6 is 11.6 Å². The molecule has 66 valence electrons. The summed E-state index contributed by atoms with van der Waals surface area (Å²) in [7, 11) is 0. The highest BCUT2D eigenvalue weighted by Crippen LogP contribution is 2.28. The summed E-state index contributed by atoms with van der Waals surface area (Å²) >= 11 is 5.56. The summed E-state index contributed by atoms with van der Waals surface area (Å²) in [6.07, 6.45) is -1.48. The summed E-state index contributed by atoms with van der Waals surface area (Å²) in [6.45, 7) is 1.47. The van der Waals surface area contributed by atoms with Crippen molar-refractivity contribution in [2.75, 3.05) is 5.73 Å². The minimum absolute atomic E-state index is 0.168. The highest BCUT2D eigenvalue weighted by Gasteiger charge is 2.15. The van der Waals surface area contributed by atoms with Gasteiger partial charge in [-0.3, -0.25) is 4.98 Å². The molecule has 0 bridgehead atoms. The Morgan fingerprint density at radius 3 is 2.67 bits per heavy atom. The number of nitrogen functional groups attached to an aromatic ring is 1. The van der Waals surface area contributed by atoms with Crippen molar-refractivity contribution in [3.8, 4) is 0 Å². The standard InChI is InChI=1S/C7H7ClF2N2/c1-3-5(11)4(8)2-12-6(3)7(9)10/h2,7H,1H3,(H2,11,12). The monoisotopic (exact) mass is 192 g/mol. The summed E-state index contributed by atoms with van der Waals surface area (Å²) in [5.41, 5.74) is 5.52. The summed E-state index contributed by atoms with van der Waals surface area (Å²) in [5.74, 6) is 0. The van der Waals surface area contributed by atoms with Gasteiger partial charge in [-0.25, -0.2) is 8.78 Å². The van der Waals surface area contributed by atoms with E-state index in [0.717, 1.165) is 6.20 Å². The van der Waals surface area contributed by atoms with Crippen LogP contribution in [0.1, 0.15) is 17.7 Å². The Labute approximate surface area is 73.4 Å². The fraction of sp³-hybridized carbons (Fsp3) is 0.286. The van der Waals surface area contributed by atoms with Gasteiger partial charge in [-0.2, -0.15) is 0 Å². The van der Waals surface area contributed by atoms with E-state index in [1.54, 1.807) is 0 Å². The van der Waals surface area contributed by atoms with Crippen molar-refractivity contribution in [1.82, 2.24) is 4.98 Å². The predicted molar refractivity (Wildman–Crippen MR) is 43.4 cm³/mol. The molecular formula is C7H7ClF2N2. The van der Waals surface area contributed by atoms with Gasteiger partial charge < -0.3 is 5.73 Å². The number of halogens is 3. The van der Waals surface area contributed by atoms with Crippen molar-refractivity contribution in [2.24, 2.45) is 0 Å². The minimum Gasteiger partial charge on any atom is -0.397 e. The number of anilines is 1. The van der Waals surface area contributed by atoms with Gasteiger partial charge in [0.15, 0.2) is 0 Å². The van der Waals surface area contributed by atoms with Crippen LogP contribution in [-0.2, 0) is 0 Å². The molecule has 0 aliphatic heterocycles. The van der Waals surface area contributed by atoms with Crippen LogP contribution in [0.2, 0.25) is 5.02 Å². The van der Waals surface area contributed by atoms with Crippen LogP contribution in [0.5, 0.6) is 0 Å². The van der Waals surface area contributed by atoms with E-state index in [1.165, 1.54) is 6.92 Å². The largest absolute Gasteiger partial charge is 0.397 e.